The summed E-state index contributed by atoms with van der Waals surface area (Å²) in [6.45, 7) is 11.9. The van der Waals surface area contributed by atoms with E-state index >= 15 is 0 Å². The van der Waals surface area contributed by atoms with Crippen molar-refractivity contribution in [2.75, 3.05) is 0 Å². The number of phenols is 1. The molecule has 160 valence electrons. The molecular formula is C24H32F3OP. The molecule has 0 aromatic heterocycles. The summed E-state index contributed by atoms with van der Waals surface area (Å²) in [6, 6.07) is 8.33. The van der Waals surface area contributed by atoms with Gasteiger partial charge in [0.25, 0.3) is 0 Å². The van der Waals surface area contributed by atoms with E-state index in [1.165, 1.54) is 6.07 Å². The van der Waals surface area contributed by atoms with Gasteiger partial charge in [0, 0.05) is 10.7 Å². The molecule has 0 amide bonds. The summed E-state index contributed by atoms with van der Waals surface area (Å²) in [7, 11) is -0.0988. The molecule has 0 heterocycles. The number of aryl methyl sites for hydroxylation is 2. The molecule has 0 bridgehead atoms. The summed E-state index contributed by atoms with van der Waals surface area (Å²) in [6.07, 6.45) is -1.93. The fraction of sp³-hybridized carbons (Fsp3) is 0.500. The molecule has 1 N–H and O–H groups in total. The van der Waals surface area contributed by atoms with Crippen molar-refractivity contribution in [2.45, 2.75) is 78.1 Å². The average molecular weight is 424 g/mol. The first-order chi connectivity index (χ1) is 13.5. The van der Waals surface area contributed by atoms with E-state index in [1.54, 1.807) is 13.0 Å². The standard InChI is InChI=1S/C24H32F3OP/c1-7-17(8-2)18-13-15(4)14-20(21(18)28)23(6,9-3)29-22-16(5)11-10-12-19(22)24(25,26)27/h10-14,17,28-29H,7-9H2,1-6H3. The summed E-state index contributed by atoms with van der Waals surface area (Å²) in [5.41, 5.74) is 2.78. The van der Waals surface area contributed by atoms with Gasteiger partial charge in [-0.25, -0.2) is 0 Å². The van der Waals surface area contributed by atoms with Crippen molar-refractivity contribution in [1.29, 1.82) is 0 Å². The van der Waals surface area contributed by atoms with Crippen molar-refractivity contribution in [3.8, 4) is 5.75 Å². The lowest BCUT2D eigenvalue weighted by molar-refractivity contribution is -0.136. The molecule has 2 atom stereocenters. The first kappa shape index (κ1) is 23.7. The van der Waals surface area contributed by atoms with E-state index < -0.39 is 16.9 Å². The van der Waals surface area contributed by atoms with Crippen LogP contribution in [0.15, 0.2) is 30.3 Å². The van der Waals surface area contributed by atoms with Crippen LogP contribution in [-0.2, 0) is 11.3 Å². The molecule has 0 fully saturated rings. The van der Waals surface area contributed by atoms with Crippen LogP contribution < -0.4 is 5.30 Å². The van der Waals surface area contributed by atoms with Gasteiger partial charge in [0.15, 0.2) is 0 Å². The zero-order valence-corrected chi connectivity index (χ0v) is 19.2. The van der Waals surface area contributed by atoms with Gasteiger partial charge in [-0.05, 0) is 61.5 Å². The second kappa shape index (κ2) is 9.08. The first-order valence-corrected chi connectivity index (χ1v) is 11.3. The highest BCUT2D eigenvalue weighted by atomic mass is 31.1. The number of hydrogen-bond donors (Lipinski definition) is 1. The lowest BCUT2D eigenvalue weighted by atomic mass is 9.86. The topological polar surface area (TPSA) is 20.2 Å². The van der Waals surface area contributed by atoms with E-state index in [2.05, 4.69) is 13.8 Å². The molecule has 2 aromatic carbocycles. The lowest BCUT2D eigenvalue weighted by Gasteiger charge is -2.33. The maximum absolute atomic E-state index is 13.7. The van der Waals surface area contributed by atoms with Gasteiger partial charge in [-0.1, -0.05) is 66.1 Å². The number of rotatable bonds is 7. The Labute approximate surface area is 174 Å². The Morgan fingerprint density at radius 2 is 1.62 bits per heavy atom. The van der Waals surface area contributed by atoms with E-state index in [0.29, 0.717) is 17.3 Å². The molecule has 2 rings (SSSR count). The predicted molar refractivity (Wildman–Crippen MR) is 118 cm³/mol. The quantitative estimate of drug-likeness (QED) is 0.455. The monoisotopic (exact) mass is 424 g/mol. The van der Waals surface area contributed by atoms with Crippen LogP contribution in [0, 0.1) is 13.8 Å². The van der Waals surface area contributed by atoms with Crippen LogP contribution in [0.3, 0.4) is 0 Å². The Balaban J connectivity index is 2.65. The molecule has 2 aromatic rings. The van der Waals surface area contributed by atoms with E-state index in [1.807, 2.05) is 32.9 Å². The molecule has 0 spiro atoms. The molecule has 2 unspecified atom stereocenters. The van der Waals surface area contributed by atoms with E-state index in [9.17, 15) is 18.3 Å². The van der Waals surface area contributed by atoms with E-state index in [0.717, 1.165) is 35.6 Å². The van der Waals surface area contributed by atoms with Crippen LogP contribution in [0.2, 0.25) is 0 Å². The fourth-order valence-electron chi connectivity index (χ4n) is 3.96. The molecule has 0 saturated heterocycles. The van der Waals surface area contributed by atoms with Gasteiger partial charge in [0.1, 0.15) is 5.75 Å². The highest BCUT2D eigenvalue weighted by Crippen LogP contribution is 2.51. The van der Waals surface area contributed by atoms with Gasteiger partial charge in [0.2, 0.25) is 0 Å². The maximum Gasteiger partial charge on any atom is 0.417 e. The number of hydrogen-bond acceptors (Lipinski definition) is 1. The first-order valence-electron chi connectivity index (χ1n) is 10.3. The normalized spacial score (nSPS) is 14.7. The van der Waals surface area contributed by atoms with Gasteiger partial charge < -0.3 is 5.11 Å². The third-order valence-electron chi connectivity index (χ3n) is 5.99. The average Bonchev–Trinajstić information content (AvgIpc) is 2.65. The Kier molecular flexibility index (Phi) is 7.43. The van der Waals surface area contributed by atoms with Crippen molar-refractivity contribution in [3.05, 3.63) is 58.1 Å². The molecule has 29 heavy (non-hydrogen) atoms. The van der Waals surface area contributed by atoms with E-state index in [-0.39, 0.29) is 20.2 Å². The molecule has 0 aliphatic heterocycles. The molecular weight excluding hydrogens is 392 g/mol. The molecule has 5 heteroatoms. The second-order valence-corrected chi connectivity index (χ2v) is 9.92. The molecule has 0 aliphatic carbocycles. The van der Waals surface area contributed by atoms with Crippen LogP contribution in [0.5, 0.6) is 5.75 Å². The van der Waals surface area contributed by atoms with Crippen LogP contribution >= 0.6 is 8.58 Å². The zero-order valence-electron chi connectivity index (χ0n) is 18.2. The number of alkyl halides is 3. The molecule has 0 radical (unpaired) electrons. The fourth-order valence-corrected chi connectivity index (χ4v) is 5.65. The number of phenolic OH excluding ortho intramolecular Hbond substituents is 1. The SMILES string of the molecule is CCC(CC)c1cc(C)cc(C(C)(CC)Pc2c(C)cccc2C(F)(F)F)c1O. The summed E-state index contributed by atoms with van der Waals surface area (Å²) in [4.78, 5) is 0. The number of aromatic hydroxyl groups is 1. The minimum Gasteiger partial charge on any atom is -0.507 e. The van der Waals surface area contributed by atoms with Crippen molar-refractivity contribution < 1.29 is 18.3 Å². The predicted octanol–water partition coefficient (Wildman–Crippen LogP) is 7.56. The van der Waals surface area contributed by atoms with Crippen LogP contribution in [0.25, 0.3) is 0 Å². The molecule has 0 saturated carbocycles. The van der Waals surface area contributed by atoms with Gasteiger partial charge in [-0.3, -0.25) is 0 Å². The summed E-state index contributed by atoms with van der Waals surface area (Å²) in [5.74, 6) is 0.491. The van der Waals surface area contributed by atoms with E-state index in [4.69, 9.17) is 0 Å². The van der Waals surface area contributed by atoms with Crippen molar-refractivity contribution in [2.24, 2.45) is 0 Å². The summed E-state index contributed by atoms with van der Waals surface area (Å²) in [5, 5.41) is 10.9. The highest BCUT2D eigenvalue weighted by Gasteiger charge is 2.37. The maximum atomic E-state index is 13.7. The Morgan fingerprint density at radius 3 is 2.14 bits per heavy atom. The van der Waals surface area contributed by atoms with Gasteiger partial charge in [-0.2, -0.15) is 13.2 Å². The van der Waals surface area contributed by atoms with Gasteiger partial charge in [-0.15, -0.1) is 0 Å². The molecule has 1 nitrogen and oxygen atoms in total. The van der Waals surface area contributed by atoms with Gasteiger partial charge >= 0.3 is 6.18 Å². The lowest BCUT2D eigenvalue weighted by Crippen LogP contribution is -2.25. The van der Waals surface area contributed by atoms with Crippen molar-refractivity contribution >= 4 is 13.9 Å². The van der Waals surface area contributed by atoms with Crippen LogP contribution in [0.4, 0.5) is 13.2 Å². The second-order valence-electron chi connectivity index (χ2n) is 8.07. The Bertz CT molecular complexity index is 856. The minimum atomic E-state index is -4.39. The van der Waals surface area contributed by atoms with Crippen molar-refractivity contribution in [1.82, 2.24) is 0 Å². The number of benzene rings is 2. The highest BCUT2D eigenvalue weighted by molar-refractivity contribution is 7.48. The Morgan fingerprint density at radius 1 is 1.00 bits per heavy atom. The Hall–Kier alpha value is -1.54. The zero-order chi connectivity index (χ0) is 22.0. The van der Waals surface area contributed by atoms with Crippen LogP contribution in [0.1, 0.15) is 80.7 Å². The van der Waals surface area contributed by atoms with Crippen molar-refractivity contribution in [3.63, 3.8) is 0 Å². The van der Waals surface area contributed by atoms with Crippen LogP contribution in [-0.4, -0.2) is 5.11 Å². The largest absolute Gasteiger partial charge is 0.507 e. The summed E-state index contributed by atoms with van der Waals surface area (Å²) < 4.78 is 41.0. The van der Waals surface area contributed by atoms with Gasteiger partial charge in [0.05, 0.1) is 5.56 Å². The smallest absolute Gasteiger partial charge is 0.417 e. The number of halogens is 3. The third kappa shape index (κ3) is 4.97. The third-order valence-corrected chi connectivity index (χ3v) is 8.08. The summed E-state index contributed by atoms with van der Waals surface area (Å²) >= 11 is 0. The minimum absolute atomic E-state index is 0.0988. The molecule has 0 aliphatic rings.